The lowest BCUT2D eigenvalue weighted by atomic mass is 10.3. The van der Waals surface area contributed by atoms with E-state index in [0.29, 0.717) is 15.7 Å². The zero-order valence-corrected chi connectivity index (χ0v) is 10.3. The summed E-state index contributed by atoms with van der Waals surface area (Å²) in [5, 5.41) is 0.364. The van der Waals surface area contributed by atoms with Crippen LogP contribution < -0.4 is 4.90 Å². The molecule has 1 heterocycles. The monoisotopic (exact) mass is 240 g/mol. The van der Waals surface area contributed by atoms with E-state index in [4.69, 9.17) is 0 Å². The van der Waals surface area contributed by atoms with Crippen molar-refractivity contribution in [3.05, 3.63) is 10.6 Å². The molecule has 0 N–H and O–H groups in total. The third-order valence-corrected chi connectivity index (χ3v) is 3.33. The molecule has 0 radical (unpaired) electrons. The lowest BCUT2D eigenvalue weighted by Crippen LogP contribution is -2.31. The Morgan fingerprint density at radius 3 is 2.19 bits per heavy atom. The van der Waals surface area contributed by atoms with Crippen LogP contribution in [0.5, 0.6) is 0 Å². The van der Waals surface area contributed by atoms with Gasteiger partial charge in [-0.15, -0.1) is 0 Å². The molecule has 6 heteroatoms. The van der Waals surface area contributed by atoms with E-state index in [1.807, 2.05) is 0 Å². The summed E-state index contributed by atoms with van der Waals surface area (Å²) in [6, 6.07) is 0. The number of hydrogen-bond acceptors (Lipinski definition) is 5. The number of Topliss-reactive ketones (excluding diaryl/α,β-unsaturated/α-hetero) is 2. The van der Waals surface area contributed by atoms with Crippen molar-refractivity contribution < 1.29 is 14.4 Å². The Hall–Kier alpha value is -1.56. The second-order valence-electron chi connectivity index (χ2n) is 3.39. The number of thiazole rings is 1. The Morgan fingerprint density at radius 1 is 1.25 bits per heavy atom. The zero-order valence-electron chi connectivity index (χ0n) is 9.53. The Balaban J connectivity index is 3.06. The first kappa shape index (κ1) is 12.5. The molecule has 0 aliphatic carbocycles. The van der Waals surface area contributed by atoms with Crippen LogP contribution in [-0.2, 0) is 9.59 Å². The molecule has 0 aliphatic heterocycles. The minimum Gasteiger partial charge on any atom is -0.294 e. The fourth-order valence-corrected chi connectivity index (χ4v) is 2.10. The van der Waals surface area contributed by atoms with Crippen molar-refractivity contribution in [2.45, 2.75) is 20.8 Å². The maximum Gasteiger partial charge on any atom is 0.295 e. The minimum absolute atomic E-state index is 0.0927. The first-order valence-corrected chi connectivity index (χ1v) is 5.43. The van der Waals surface area contributed by atoms with Crippen molar-refractivity contribution in [1.29, 1.82) is 0 Å². The van der Waals surface area contributed by atoms with Crippen molar-refractivity contribution in [1.82, 2.24) is 4.98 Å². The van der Waals surface area contributed by atoms with Gasteiger partial charge >= 0.3 is 0 Å². The van der Waals surface area contributed by atoms with Gasteiger partial charge in [-0.05, 0) is 6.92 Å². The van der Waals surface area contributed by atoms with E-state index in [9.17, 15) is 14.4 Å². The number of aromatic nitrogens is 1. The largest absolute Gasteiger partial charge is 0.295 e. The minimum atomic E-state index is -0.635. The summed E-state index contributed by atoms with van der Waals surface area (Å²) in [5.74, 6) is -1.28. The van der Waals surface area contributed by atoms with Crippen molar-refractivity contribution >= 4 is 33.9 Å². The number of likely N-dealkylation sites (N-methyl/N-ethyl adjacent to an activating group) is 1. The Bertz CT molecular complexity index is 465. The van der Waals surface area contributed by atoms with E-state index >= 15 is 0 Å². The lowest BCUT2D eigenvalue weighted by molar-refractivity contribution is -0.134. The summed E-state index contributed by atoms with van der Waals surface area (Å²) in [7, 11) is 1.46. The van der Waals surface area contributed by atoms with Crippen molar-refractivity contribution in [3.8, 4) is 0 Å². The normalized spacial score (nSPS) is 10.0. The van der Waals surface area contributed by atoms with Gasteiger partial charge in [0.1, 0.15) is 0 Å². The van der Waals surface area contributed by atoms with Gasteiger partial charge in [0.25, 0.3) is 5.91 Å². The maximum absolute atomic E-state index is 11.4. The highest BCUT2D eigenvalue weighted by Crippen LogP contribution is 2.25. The Kier molecular flexibility index (Phi) is 3.54. The molecule has 0 fully saturated rings. The average Bonchev–Trinajstić information content (AvgIpc) is 2.58. The quantitative estimate of drug-likeness (QED) is 0.588. The second-order valence-corrected chi connectivity index (χ2v) is 4.37. The molecular formula is C10H12N2O3S. The molecule has 86 valence electrons. The number of ketones is 2. The standard InChI is InChI=1S/C10H12N2O3S/c1-5-8(6(2)13)16-10(11-5)12(4)9(15)7(3)14/h1-4H3. The van der Waals surface area contributed by atoms with E-state index in [-0.39, 0.29) is 5.78 Å². The smallest absolute Gasteiger partial charge is 0.294 e. The molecule has 0 aromatic carbocycles. The van der Waals surface area contributed by atoms with Crippen LogP contribution in [0.25, 0.3) is 0 Å². The molecule has 1 rings (SSSR count). The van der Waals surface area contributed by atoms with Crippen LogP contribution in [-0.4, -0.2) is 29.5 Å². The summed E-state index contributed by atoms with van der Waals surface area (Å²) >= 11 is 1.11. The summed E-state index contributed by atoms with van der Waals surface area (Å²) in [6.45, 7) is 4.34. The van der Waals surface area contributed by atoms with E-state index < -0.39 is 11.7 Å². The Labute approximate surface area is 97.1 Å². The van der Waals surface area contributed by atoms with Gasteiger partial charge in [-0.1, -0.05) is 11.3 Å². The van der Waals surface area contributed by atoms with Gasteiger partial charge in [0, 0.05) is 20.9 Å². The summed E-state index contributed by atoms with van der Waals surface area (Å²) in [4.78, 5) is 39.3. The fraction of sp³-hybridized carbons (Fsp3) is 0.400. The number of nitrogens with zero attached hydrogens (tertiary/aromatic N) is 2. The molecule has 0 aliphatic rings. The highest BCUT2D eigenvalue weighted by molar-refractivity contribution is 7.17. The molecule has 1 amide bonds. The summed E-state index contributed by atoms with van der Waals surface area (Å²) < 4.78 is 0. The third kappa shape index (κ3) is 2.33. The number of amides is 1. The van der Waals surface area contributed by atoms with Gasteiger partial charge < -0.3 is 0 Å². The number of rotatable bonds is 3. The second kappa shape index (κ2) is 4.52. The molecule has 0 atom stereocenters. The van der Waals surface area contributed by atoms with Crippen LogP contribution in [0, 0.1) is 6.92 Å². The molecule has 0 saturated carbocycles. The van der Waals surface area contributed by atoms with Crippen molar-refractivity contribution in [3.63, 3.8) is 0 Å². The molecule has 0 unspecified atom stereocenters. The molecule has 0 bridgehead atoms. The summed E-state index contributed by atoms with van der Waals surface area (Å²) in [6.07, 6.45) is 0. The SMILES string of the molecule is CC(=O)C(=O)N(C)c1nc(C)c(C(C)=O)s1. The molecule has 1 aromatic rings. The van der Waals surface area contributed by atoms with Crippen LogP contribution >= 0.6 is 11.3 Å². The van der Waals surface area contributed by atoms with Gasteiger partial charge in [0.05, 0.1) is 10.6 Å². The maximum atomic E-state index is 11.4. The number of carbonyl (C=O) groups excluding carboxylic acids is 3. The summed E-state index contributed by atoms with van der Waals surface area (Å²) in [5.41, 5.74) is 0.579. The van der Waals surface area contributed by atoms with Gasteiger partial charge in [-0.2, -0.15) is 0 Å². The van der Waals surface area contributed by atoms with Crippen LogP contribution in [0.3, 0.4) is 0 Å². The molecule has 16 heavy (non-hydrogen) atoms. The predicted molar refractivity (Wildman–Crippen MR) is 60.9 cm³/mol. The Morgan fingerprint density at radius 2 is 1.81 bits per heavy atom. The van der Waals surface area contributed by atoms with Gasteiger partial charge in [0.15, 0.2) is 10.9 Å². The topological polar surface area (TPSA) is 67.3 Å². The first-order chi connectivity index (χ1) is 7.34. The fourth-order valence-electron chi connectivity index (χ4n) is 1.18. The van der Waals surface area contributed by atoms with E-state index in [1.54, 1.807) is 6.92 Å². The van der Waals surface area contributed by atoms with Gasteiger partial charge in [0.2, 0.25) is 5.78 Å². The van der Waals surface area contributed by atoms with Crippen molar-refractivity contribution in [2.75, 3.05) is 11.9 Å². The number of carbonyl (C=O) groups is 3. The number of aryl methyl sites for hydroxylation is 1. The highest BCUT2D eigenvalue weighted by atomic mass is 32.1. The lowest BCUT2D eigenvalue weighted by Gasteiger charge is -2.10. The van der Waals surface area contributed by atoms with Gasteiger partial charge in [-0.3, -0.25) is 19.3 Å². The first-order valence-electron chi connectivity index (χ1n) is 4.61. The number of hydrogen-bond donors (Lipinski definition) is 0. The van der Waals surface area contributed by atoms with E-state index in [1.165, 1.54) is 20.9 Å². The molecule has 5 nitrogen and oxygen atoms in total. The average molecular weight is 240 g/mol. The zero-order chi connectivity index (χ0) is 12.5. The van der Waals surface area contributed by atoms with Crippen LogP contribution in [0.15, 0.2) is 0 Å². The third-order valence-electron chi connectivity index (χ3n) is 2.00. The number of anilines is 1. The highest BCUT2D eigenvalue weighted by Gasteiger charge is 2.20. The molecule has 0 spiro atoms. The predicted octanol–water partition coefficient (Wildman–Crippen LogP) is 1.21. The van der Waals surface area contributed by atoms with E-state index in [2.05, 4.69) is 4.98 Å². The van der Waals surface area contributed by atoms with Crippen molar-refractivity contribution in [2.24, 2.45) is 0 Å². The van der Waals surface area contributed by atoms with Gasteiger partial charge in [-0.25, -0.2) is 4.98 Å². The van der Waals surface area contributed by atoms with Crippen LogP contribution in [0.2, 0.25) is 0 Å². The van der Waals surface area contributed by atoms with Crippen LogP contribution in [0.1, 0.15) is 29.2 Å². The molecule has 1 aromatic heterocycles. The molecular weight excluding hydrogens is 228 g/mol. The molecule has 0 saturated heterocycles. The van der Waals surface area contributed by atoms with E-state index in [0.717, 1.165) is 16.2 Å². The van der Waals surface area contributed by atoms with Crippen LogP contribution in [0.4, 0.5) is 5.13 Å².